The van der Waals surface area contributed by atoms with Crippen LogP contribution in [0.25, 0.3) is 0 Å². The lowest BCUT2D eigenvalue weighted by Crippen LogP contribution is -2.60. The molecule has 0 aromatic rings. The Morgan fingerprint density at radius 2 is 0.893 bits per heavy atom. The molecule has 1 aliphatic rings. The fourth-order valence-electron chi connectivity index (χ4n) is 10.1. The van der Waals surface area contributed by atoms with Crippen LogP contribution in [0.1, 0.15) is 296 Å². The Labute approximate surface area is 460 Å². The van der Waals surface area contributed by atoms with Crippen molar-refractivity contribution in [2.45, 2.75) is 339 Å². The van der Waals surface area contributed by atoms with E-state index in [0.717, 1.165) is 64.2 Å². The van der Waals surface area contributed by atoms with Gasteiger partial charge in [-0.05, 0) is 51.9 Å². The second kappa shape index (κ2) is 53.9. The number of allylic oxidation sites excluding steroid dienone is 5. The van der Waals surface area contributed by atoms with Gasteiger partial charge in [-0.3, -0.25) is 9.59 Å². The number of unbranched alkanes of at least 4 members (excludes halogenated alkanes) is 38. The molecule has 440 valence electrons. The van der Waals surface area contributed by atoms with Gasteiger partial charge in [-0.15, -0.1) is 0 Å². The Morgan fingerprint density at radius 3 is 1.32 bits per heavy atom. The van der Waals surface area contributed by atoms with Crippen LogP contribution in [0.2, 0.25) is 0 Å². The third-order valence-electron chi connectivity index (χ3n) is 15.1. The van der Waals surface area contributed by atoms with E-state index in [4.69, 9.17) is 14.2 Å². The molecule has 7 unspecified atom stereocenters. The lowest BCUT2D eigenvalue weighted by molar-refractivity contribution is -0.302. The van der Waals surface area contributed by atoms with Gasteiger partial charge in [0.25, 0.3) is 0 Å². The predicted octanol–water partition coefficient (Wildman–Crippen LogP) is 15.1. The highest BCUT2D eigenvalue weighted by atomic mass is 16.7. The number of esters is 1. The van der Waals surface area contributed by atoms with Crippen LogP contribution in [0.3, 0.4) is 0 Å². The molecule has 0 spiro atoms. The van der Waals surface area contributed by atoms with E-state index in [0.29, 0.717) is 19.4 Å². The van der Waals surface area contributed by atoms with Crippen LogP contribution in [-0.2, 0) is 23.8 Å². The van der Waals surface area contributed by atoms with Gasteiger partial charge in [0.05, 0.1) is 32.0 Å². The summed E-state index contributed by atoms with van der Waals surface area (Å²) in [5, 5.41) is 54.2. The molecular formula is C64H119NO10. The van der Waals surface area contributed by atoms with Crippen molar-refractivity contribution in [1.82, 2.24) is 5.32 Å². The lowest BCUT2D eigenvalue weighted by atomic mass is 9.99. The van der Waals surface area contributed by atoms with Gasteiger partial charge in [0.2, 0.25) is 5.91 Å². The smallest absolute Gasteiger partial charge is 0.305 e. The third kappa shape index (κ3) is 43.4. The highest BCUT2D eigenvalue weighted by Crippen LogP contribution is 2.23. The molecular weight excluding hydrogens is 943 g/mol. The average molecular weight is 1060 g/mol. The second-order valence-corrected chi connectivity index (χ2v) is 22.1. The maximum Gasteiger partial charge on any atom is 0.305 e. The van der Waals surface area contributed by atoms with E-state index < -0.39 is 49.5 Å². The third-order valence-corrected chi connectivity index (χ3v) is 15.1. The summed E-state index contributed by atoms with van der Waals surface area (Å²) < 4.78 is 16.7. The van der Waals surface area contributed by atoms with Crippen molar-refractivity contribution in [3.05, 3.63) is 36.5 Å². The number of aliphatic hydroxyl groups excluding tert-OH is 5. The van der Waals surface area contributed by atoms with Crippen LogP contribution in [0, 0.1) is 0 Å². The SMILES string of the molecule is C/C=C/CC/C=C/CC/C=C/C(O)C(COC1OC(CO)C(O)C(O)C1O)NC(=O)CCCCCCCCCCCCCCCCCCCCCCCCCCCCCOC(=O)CCCCCCCCCCCCC. The van der Waals surface area contributed by atoms with E-state index in [1.54, 1.807) is 6.08 Å². The van der Waals surface area contributed by atoms with Crippen LogP contribution >= 0.6 is 0 Å². The van der Waals surface area contributed by atoms with Gasteiger partial charge in [0.1, 0.15) is 24.4 Å². The standard InChI is InChI=1S/C64H119NO10/c1-3-5-7-9-11-13-31-36-40-44-48-52-60(69)73-53-49-45-41-37-33-30-28-26-24-22-20-18-16-14-15-17-19-21-23-25-27-29-32-35-39-43-47-51-59(68)65-56(57(67)50-46-42-38-34-12-10-8-6-4-2)55-74-64-63(72)62(71)61(70)58(54-66)75-64/h4,6,12,34,46,50,56-58,61-64,66-67,70-72H,3,5,7-11,13-33,35-45,47-49,51-55H2,1-2H3,(H,65,68)/b6-4+,34-12+,50-46+. The average Bonchev–Trinajstić information content (AvgIpc) is 3.41. The largest absolute Gasteiger partial charge is 0.466 e. The van der Waals surface area contributed by atoms with Gasteiger partial charge in [-0.2, -0.15) is 0 Å². The number of aliphatic hydroxyl groups is 5. The zero-order valence-corrected chi connectivity index (χ0v) is 48.5. The molecule has 1 heterocycles. The van der Waals surface area contributed by atoms with Gasteiger partial charge >= 0.3 is 5.97 Å². The monoisotopic (exact) mass is 1060 g/mol. The van der Waals surface area contributed by atoms with E-state index in [-0.39, 0.29) is 18.5 Å². The maximum atomic E-state index is 13.0. The van der Waals surface area contributed by atoms with Crippen molar-refractivity contribution in [2.24, 2.45) is 0 Å². The number of amides is 1. The predicted molar refractivity (Wildman–Crippen MR) is 311 cm³/mol. The van der Waals surface area contributed by atoms with E-state index in [2.05, 4.69) is 30.5 Å². The molecule has 0 aliphatic carbocycles. The van der Waals surface area contributed by atoms with Crippen molar-refractivity contribution >= 4 is 11.9 Å². The summed E-state index contributed by atoms with van der Waals surface area (Å²) in [5.41, 5.74) is 0. The number of rotatable bonds is 55. The Morgan fingerprint density at radius 1 is 0.507 bits per heavy atom. The lowest BCUT2D eigenvalue weighted by Gasteiger charge is -2.40. The second-order valence-electron chi connectivity index (χ2n) is 22.1. The van der Waals surface area contributed by atoms with Crippen molar-refractivity contribution in [1.29, 1.82) is 0 Å². The Balaban J connectivity index is 1.95. The molecule has 1 aliphatic heterocycles. The van der Waals surface area contributed by atoms with Crippen LogP contribution in [0.15, 0.2) is 36.5 Å². The topological polar surface area (TPSA) is 175 Å². The first-order valence-electron chi connectivity index (χ1n) is 31.7. The molecule has 11 nitrogen and oxygen atoms in total. The molecule has 0 bridgehead atoms. The Bertz CT molecular complexity index is 1340. The number of carbonyl (C=O) groups excluding carboxylic acids is 2. The van der Waals surface area contributed by atoms with Crippen LogP contribution in [0.4, 0.5) is 0 Å². The van der Waals surface area contributed by atoms with Crippen molar-refractivity contribution < 1.29 is 49.3 Å². The van der Waals surface area contributed by atoms with Crippen molar-refractivity contribution in [2.75, 3.05) is 19.8 Å². The molecule has 1 saturated heterocycles. The number of hydrogen-bond donors (Lipinski definition) is 6. The summed E-state index contributed by atoms with van der Waals surface area (Å²) in [6, 6.07) is -0.831. The molecule has 0 aromatic carbocycles. The first-order valence-corrected chi connectivity index (χ1v) is 31.7. The molecule has 75 heavy (non-hydrogen) atoms. The first-order chi connectivity index (χ1) is 36.7. The van der Waals surface area contributed by atoms with Gasteiger partial charge in [-0.25, -0.2) is 0 Å². The molecule has 1 rings (SSSR count). The molecule has 11 heteroatoms. The highest BCUT2D eigenvalue weighted by Gasteiger charge is 2.44. The summed E-state index contributed by atoms with van der Waals surface area (Å²) >= 11 is 0. The summed E-state index contributed by atoms with van der Waals surface area (Å²) in [6.07, 6.45) is 57.3. The quantitative estimate of drug-likeness (QED) is 0.0195. The molecule has 0 radical (unpaired) electrons. The molecule has 6 N–H and O–H groups in total. The molecule has 7 atom stereocenters. The minimum absolute atomic E-state index is 0.00751. The zero-order chi connectivity index (χ0) is 54.5. The molecule has 1 fully saturated rings. The summed E-state index contributed by atoms with van der Waals surface area (Å²) in [4.78, 5) is 25.0. The molecule has 1 amide bonds. The zero-order valence-electron chi connectivity index (χ0n) is 48.5. The fourth-order valence-corrected chi connectivity index (χ4v) is 10.1. The van der Waals surface area contributed by atoms with Crippen molar-refractivity contribution in [3.8, 4) is 0 Å². The maximum absolute atomic E-state index is 13.0. The summed E-state index contributed by atoms with van der Waals surface area (Å²) in [5.74, 6) is -0.189. The van der Waals surface area contributed by atoms with Gasteiger partial charge in [-0.1, -0.05) is 268 Å². The number of nitrogens with one attached hydrogen (secondary N) is 1. The summed E-state index contributed by atoms with van der Waals surface area (Å²) in [7, 11) is 0. The number of carbonyl (C=O) groups is 2. The van der Waals surface area contributed by atoms with Crippen LogP contribution in [0.5, 0.6) is 0 Å². The van der Waals surface area contributed by atoms with E-state index in [1.165, 1.54) is 205 Å². The van der Waals surface area contributed by atoms with Gasteiger partial charge in [0, 0.05) is 12.8 Å². The molecule has 0 aromatic heterocycles. The molecule has 0 saturated carbocycles. The Hall–Kier alpha value is -2.12. The highest BCUT2D eigenvalue weighted by molar-refractivity contribution is 5.76. The van der Waals surface area contributed by atoms with Crippen LogP contribution in [-0.4, -0.2) is 100 Å². The van der Waals surface area contributed by atoms with E-state index >= 15 is 0 Å². The van der Waals surface area contributed by atoms with Gasteiger partial charge in [0.15, 0.2) is 6.29 Å². The first kappa shape index (κ1) is 70.9. The number of hydrogen-bond acceptors (Lipinski definition) is 10. The van der Waals surface area contributed by atoms with E-state index in [1.807, 2.05) is 19.1 Å². The van der Waals surface area contributed by atoms with Crippen molar-refractivity contribution in [3.63, 3.8) is 0 Å². The number of ether oxygens (including phenoxy) is 3. The normalized spacial score (nSPS) is 18.9. The van der Waals surface area contributed by atoms with Crippen LogP contribution < -0.4 is 5.32 Å². The Kier molecular flexibility index (Phi) is 50.9. The minimum atomic E-state index is -1.58. The fraction of sp³-hybridized carbons (Fsp3) is 0.875. The summed E-state index contributed by atoms with van der Waals surface area (Å²) in [6.45, 7) is 4.10. The van der Waals surface area contributed by atoms with E-state index in [9.17, 15) is 35.1 Å². The van der Waals surface area contributed by atoms with Gasteiger partial charge < -0.3 is 45.1 Å². The minimum Gasteiger partial charge on any atom is -0.466 e.